The molecule has 9 heteroatoms. The maximum absolute atomic E-state index is 14.6. The Balaban J connectivity index is 1.82. The molecule has 4 aromatic carbocycles. The van der Waals surface area contributed by atoms with Gasteiger partial charge in [-0.15, -0.1) is 0 Å². The van der Waals surface area contributed by atoms with Gasteiger partial charge in [0, 0.05) is 23.5 Å². The van der Waals surface area contributed by atoms with E-state index in [9.17, 15) is 18.0 Å². The molecule has 0 aliphatic carbocycles. The monoisotopic (exact) mass is 689 g/mol. The van der Waals surface area contributed by atoms with Gasteiger partial charge in [0.2, 0.25) is 11.8 Å². The zero-order valence-corrected chi connectivity index (χ0v) is 28.5. The van der Waals surface area contributed by atoms with Gasteiger partial charge in [-0.1, -0.05) is 89.6 Å². The van der Waals surface area contributed by atoms with Crippen LogP contribution in [0.5, 0.6) is 0 Å². The highest BCUT2D eigenvalue weighted by atomic mass is 79.9. The summed E-state index contributed by atoms with van der Waals surface area (Å²) in [5, 5.41) is 3.06. The van der Waals surface area contributed by atoms with E-state index in [0.717, 1.165) is 37.5 Å². The first kappa shape index (κ1) is 33.9. The molecule has 0 fully saturated rings. The van der Waals surface area contributed by atoms with Crippen LogP contribution in [0.25, 0.3) is 0 Å². The number of halogens is 1. The van der Waals surface area contributed by atoms with Crippen molar-refractivity contribution in [3.63, 3.8) is 0 Å². The number of amides is 2. The SMILES string of the molecule is CC[C@@H](C)NC(=O)[C@@H](Cc1ccccc1)N(Cc1cccc(Br)c1)C(=O)CN(c1ccc(C)c(C)c1)S(=O)(=O)c1ccccc1. The Kier molecular flexibility index (Phi) is 11.6. The molecule has 0 saturated heterocycles. The zero-order valence-electron chi connectivity index (χ0n) is 26.1. The lowest BCUT2D eigenvalue weighted by Gasteiger charge is -2.34. The van der Waals surface area contributed by atoms with Crippen LogP contribution in [0.3, 0.4) is 0 Å². The number of nitrogens with zero attached hydrogens (tertiary/aromatic N) is 2. The predicted molar refractivity (Wildman–Crippen MR) is 183 cm³/mol. The second-order valence-corrected chi connectivity index (χ2v) is 14.0. The quantitative estimate of drug-likeness (QED) is 0.167. The molecule has 0 aliphatic rings. The maximum Gasteiger partial charge on any atom is 0.264 e. The van der Waals surface area contributed by atoms with E-state index < -0.39 is 28.5 Å². The Bertz CT molecular complexity index is 1720. The number of carbonyl (C=O) groups excluding carboxylic acids is 2. The normalized spacial score (nSPS) is 12.6. The van der Waals surface area contributed by atoms with Crippen LogP contribution in [0.1, 0.15) is 42.5 Å². The lowest BCUT2D eigenvalue weighted by molar-refractivity contribution is -0.140. The molecule has 0 spiro atoms. The highest BCUT2D eigenvalue weighted by Crippen LogP contribution is 2.27. The van der Waals surface area contributed by atoms with Crippen molar-refractivity contribution < 1.29 is 18.0 Å². The Labute approximate surface area is 275 Å². The average molecular weight is 691 g/mol. The summed E-state index contributed by atoms with van der Waals surface area (Å²) in [6.07, 6.45) is 0.983. The van der Waals surface area contributed by atoms with E-state index in [-0.39, 0.29) is 29.8 Å². The van der Waals surface area contributed by atoms with E-state index in [4.69, 9.17) is 0 Å². The second kappa shape index (κ2) is 15.4. The fraction of sp³-hybridized carbons (Fsp3) is 0.278. The van der Waals surface area contributed by atoms with E-state index in [1.165, 1.54) is 17.0 Å². The van der Waals surface area contributed by atoms with Crippen molar-refractivity contribution in [3.05, 3.63) is 130 Å². The fourth-order valence-electron chi connectivity index (χ4n) is 4.96. The molecule has 4 rings (SSSR count). The maximum atomic E-state index is 14.6. The molecule has 0 bridgehead atoms. The largest absolute Gasteiger partial charge is 0.352 e. The molecule has 1 N–H and O–H groups in total. The smallest absolute Gasteiger partial charge is 0.264 e. The molecule has 236 valence electrons. The highest BCUT2D eigenvalue weighted by Gasteiger charge is 2.35. The molecule has 0 aromatic heterocycles. The van der Waals surface area contributed by atoms with Gasteiger partial charge in [-0.2, -0.15) is 0 Å². The Hall–Kier alpha value is -3.95. The summed E-state index contributed by atoms with van der Waals surface area (Å²) in [4.78, 5) is 30.1. The van der Waals surface area contributed by atoms with Gasteiger partial charge in [0.1, 0.15) is 12.6 Å². The van der Waals surface area contributed by atoms with Crippen LogP contribution in [0.2, 0.25) is 0 Å². The summed E-state index contributed by atoms with van der Waals surface area (Å²) >= 11 is 3.52. The molecule has 0 aliphatic heterocycles. The van der Waals surface area contributed by atoms with Gasteiger partial charge in [-0.25, -0.2) is 8.42 Å². The number of aryl methyl sites for hydroxylation is 2. The van der Waals surface area contributed by atoms with Gasteiger partial charge >= 0.3 is 0 Å². The Morgan fingerprint density at radius 3 is 2.09 bits per heavy atom. The first-order chi connectivity index (χ1) is 21.5. The number of carbonyl (C=O) groups is 2. The van der Waals surface area contributed by atoms with Gasteiger partial charge in [0.05, 0.1) is 10.6 Å². The summed E-state index contributed by atoms with van der Waals surface area (Å²) in [7, 11) is -4.14. The third-order valence-corrected chi connectivity index (χ3v) is 10.2. The Morgan fingerprint density at radius 2 is 1.47 bits per heavy atom. The number of sulfonamides is 1. The van der Waals surface area contributed by atoms with E-state index in [0.29, 0.717) is 5.69 Å². The van der Waals surface area contributed by atoms with Crippen LogP contribution in [0.15, 0.2) is 112 Å². The lowest BCUT2D eigenvalue weighted by atomic mass is 10.0. The first-order valence-electron chi connectivity index (χ1n) is 15.0. The molecule has 2 amide bonds. The van der Waals surface area contributed by atoms with Crippen molar-refractivity contribution in [3.8, 4) is 0 Å². The number of benzene rings is 4. The molecule has 2 atom stereocenters. The summed E-state index contributed by atoms with van der Waals surface area (Å²) in [5.74, 6) is -0.784. The Morgan fingerprint density at radius 1 is 0.822 bits per heavy atom. The summed E-state index contributed by atoms with van der Waals surface area (Å²) < 4.78 is 30.3. The number of hydrogen-bond acceptors (Lipinski definition) is 4. The molecule has 45 heavy (non-hydrogen) atoms. The van der Waals surface area contributed by atoms with Crippen LogP contribution in [-0.2, 0) is 32.6 Å². The van der Waals surface area contributed by atoms with E-state index >= 15 is 0 Å². The molecule has 0 unspecified atom stereocenters. The minimum absolute atomic E-state index is 0.0740. The van der Waals surface area contributed by atoms with Crippen molar-refractivity contribution in [1.29, 1.82) is 0 Å². The van der Waals surface area contributed by atoms with Gasteiger partial charge in [0.25, 0.3) is 10.0 Å². The van der Waals surface area contributed by atoms with Crippen molar-refractivity contribution in [2.24, 2.45) is 0 Å². The number of nitrogens with one attached hydrogen (secondary N) is 1. The molecule has 0 heterocycles. The van der Waals surface area contributed by atoms with Crippen LogP contribution in [-0.4, -0.2) is 43.8 Å². The van der Waals surface area contributed by atoms with Crippen molar-refractivity contribution in [2.45, 2.75) is 64.1 Å². The minimum atomic E-state index is -4.14. The number of hydrogen-bond donors (Lipinski definition) is 1. The zero-order chi connectivity index (χ0) is 32.6. The van der Waals surface area contributed by atoms with Gasteiger partial charge in [0.15, 0.2) is 0 Å². The third-order valence-electron chi connectivity index (χ3n) is 7.90. The summed E-state index contributed by atoms with van der Waals surface area (Å²) in [6.45, 7) is 7.38. The highest BCUT2D eigenvalue weighted by molar-refractivity contribution is 9.10. The van der Waals surface area contributed by atoms with Crippen molar-refractivity contribution in [2.75, 3.05) is 10.8 Å². The van der Waals surface area contributed by atoms with Crippen LogP contribution in [0.4, 0.5) is 5.69 Å². The number of anilines is 1. The van der Waals surface area contributed by atoms with Crippen LogP contribution in [0, 0.1) is 13.8 Å². The van der Waals surface area contributed by atoms with Crippen molar-refractivity contribution >= 4 is 43.5 Å². The third kappa shape index (κ3) is 8.83. The molecule has 7 nitrogen and oxygen atoms in total. The van der Waals surface area contributed by atoms with Crippen LogP contribution < -0.4 is 9.62 Å². The van der Waals surface area contributed by atoms with Gasteiger partial charge < -0.3 is 10.2 Å². The predicted octanol–water partition coefficient (Wildman–Crippen LogP) is 6.82. The molecular formula is C36H40BrN3O4S. The molecule has 0 saturated carbocycles. The second-order valence-electron chi connectivity index (χ2n) is 11.3. The topological polar surface area (TPSA) is 86.8 Å². The summed E-state index contributed by atoms with van der Waals surface area (Å²) in [6, 6.07) is 29.5. The first-order valence-corrected chi connectivity index (χ1v) is 17.3. The van der Waals surface area contributed by atoms with E-state index in [1.54, 1.807) is 30.3 Å². The van der Waals surface area contributed by atoms with Gasteiger partial charge in [-0.3, -0.25) is 13.9 Å². The van der Waals surface area contributed by atoms with E-state index in [2.05, 4.69) is 21.2 Å². The average Bonchev–Trinajstić information content (AvgIpc) is 3.03. The van der Waals surface area contributed by atoms with Crippen LogP contribution >= 0.6 is 15.9 Å². The lowest BCUT2D eigenvalue weighted by Crippen LogP contribution is -2.54. The minimum Gasteiger partial charge on any atom is -0.352 e. The standard InChI is InChI=1S/C36H40BrN3O4S/c1-5-28(4)38-36(42)34(23-29-13-8-6-9-14-29)39(24-30-15-12-16-31(37)22-30)35(41)25-40(32-20-19-26(2)27(3)21-32)45(43,44)33-17-10-7-11-18-33/h6-22,28,34H,5,23-25H2,1-4H3,(H,38,42)/t28-,34-/m1/s1. The summed E-state index contributed by atoms with van der Waals surface area (Å²) in [5.41, 5.74) is 3.96. The molecule has 4 aromatic rings. The fourth-order valence-corrected chi connectivity index (χ4v) is 6.83. The number of rotatable bonds is 13. The van der Waals surface area contributed by atoms with Crippen molar-refractivity contribution in [1.82, 2.24) is 10.2 Å². The van der Waals surface area contributed by atoms with Gasteiger partial charge in [-0.05, 0) is 85.8 Å². The van der Waals surface area contributed by atoms with E-state index in [1.807, 2.05) is 88.4 Å². The molecule has 0 radical (unpaired) electrons. The molecular weight excluding hydrogens is 650 g/mol.